The fourth-order valence-corrected chi connectivity index (χ4v) is 0.118. The Hall–Kier alpha value is -1.14. The Bertz CT molecular complexity index is 156. The van der Waals surface area contributed by atoms with Crippen molar-refractivity contribution < 1.29 is 19.8 Å². The van der Waals surface area contributed by atoms with Gasteiger partial charge in [-0.05, 0) is 14.0 Å². The predicted octanol–water partition coefficient (Wildman–Crippen LogP) is 0.515. The summed E-state index contributed by atoms with van der Waals surface area (Å²) in [6, 6.07) is 0.463. The zero-order valence-electron chi connectivity index (χ0n) is 10.5. The van der Waals surface area contributed by atoms with Crippen molar-refractivity contribution in [2.45, 2.75) is 39.7 Å². The van der Waals surface area contributed by atoms with Gasteiger partial charge in [-0.2, -0.15) is 0 Å². The molecule has 0 aliphatic carbocycles. The fraction of sp³-hybridized carbons (Fsp3) is 0.800. The third-order valence-corrected chi connectivity index (χ3v) is 1.45. The van der Waals surface area contributed by atoms with E-state index in [0.29, 0.717) is 6.04 Å². The average Bonchev–Trinajstić information content (AvgIpc) is 2.29. The van der Waals surface area contributed by atoms with E-state index in [1.165, 1.54) is 0 Å². The van der Waals surface area contributed by atoms with Crippen LogP contribution in [0.1, 0.15) is 33.6 Å². The maximum Gasteiger partial charge on any atom is 0.303 e. The maximum absolute atomic E-state index is 9.37. The molecule has 0 aliphatic heterocycles. The number of hydrogen-bond donors (Lipinski definition) is 4. The first-order valence-corrected chi connectivity index (χ1v) is 5.16. The molecule has 5 N–H and O–H groups in total. The molecular weight excluding hydrogens is 212 g/mol. The van der Waals surface area contributed by atoms with Gasteiger partial charge in [0.25, 0.3) is 0 Å². The molecule has 0 saturated heterocycles. The molecule has 6 heteroatoms. The van der Waals surface area contributed by atoms with Crippen LogP contribution in [0.15, 0.2) is 0 Å². The molecule has 0 fully saturated rings. The van der Waals surface area contributed by atoms with Gasteiger partial charge in [0.1, 0.15) is 0 Å². The maximum atomic E-state index is 9.37. The van der Waals surface area contributed by atoms with Crippen molar-refractivity contribution in [3.63, 3.8) is 0 Å². The minimum atomic E-state index is -0.745. The van der Waals surface area contributed by atoms with E-state index in [0.717, 1.165) is 6.54 Å². The summed E-state index contributed by atoms with van der Waals surface area (Å²) in [7, 11) is 1.90. The topological polar surface area (TPSA) is 113 Å². The van der Waals surface area contributed by atoms with Gasteiger partial charge in [0.05, 0.1) is 0 Å². The minimum absolute atomic E-state index is 0.222. The molecular formula is C10H24N2O4. The number of hydrogen-bond acceptors (Lipinski definition) is 4. The van der Waals surface area contributed by atoms with Gasteiger partial charge in [-0.1, -0.05) is 13.8 Å². The van der Waals surface area contributed by atoms with E-state index in [-0.39, 0.29) is 12.8 Å². The molecule has 0 heterocycles. The van der Waals surface area contributed by atoms with Crippen molar-refractivity contribution in [3.8, 4) is 0 Å². The van der Waals surface area contributed by atoms with Crippen molar-refractivity contribution in [2.75, 3.05) is 13.6 Å². The summed E-state index contributed by atoms with van der Waals surface area (Å²) in [6.45, 7) is 5.96. The highest BCUT2D eigenvalue weighted by Crippen LogP contribution is 1.68. The van der Waals surface area contributed by atoms with Gasteiger partial charge in [-0.3, -0.25) is 9.59 Å². The Morgan fingerprint density at radius 3 is 1.44 bits per heavy atom. The van der Waals surface area contributed by atoms with Crippen LogP contribution in [0.5, 0.6) is 0 Å². The second-order valence-electron chi connectivity index (χ2n) is 2.92. The molecule has 0 bridgehead atoms. The van der Waals surface area contributed by atoms with Crippen LogP contribution in [0.2, 0.25) is 0 Å². The Morgan fingerprint density at radius 1 is 1.19 bits per heavy atom. The third kappa shape index (κ3) is 38.4. The number of nitrogens with one attached hydrogen (secondary N) is 1. The lowest BCUT2D eigenvalue weighted by Crippen LogP contribution is -2.29. The molecule has 0 spiro atoms. The minimum Gasteiger partial charge on any atom is -0.481 e. The lowest BCUT2D eigenvalue weighted by molar-refractivity contribution is -0.137. The van der Waals surface area contributed by atoms with Crippen LogP contribution in [0.4, 0.5) is 0 Å². The summed E-state index contributed by atoms with van der Waals surface area (Å²) in [5.41, 5.74) is 5.22. The molecule has 0 radical (unpaired) electrons. The predicted molar refractivity (Wildman–Crippen MR) is 63.4 cm³/mol. The van der Waals surface area contributed by atoms with Crippen LogP contribution >= 0.6 is 0 Å². The fourth-order valence-electron chi connectivity index (χ4n) is 0.118. The molecule has 0 amide bonds. The quantitative estimate of drug-likeness (QED) is 0.566. The first kappa shape index (κ1) is 20.3. The number of carboxylic acid groups (broad SMARTS) is 2. The molecule has 0 rings (SSSR count). The highest BCUT2D eigenvalue weighted by molar-refractivity contribution is 5.66. The highest BCUT2D eigenvalue weighted by Gasteiger charge is 1.87. The number of aliphatic carboxylic acids is 2. The largest absolute Gasteiger partial charge is 0.481 e. The summed E-state index contributed by atoms with van der Waals surface area (Å²) in [6.07, 6.45) is 0.444. The molecule has 0 aliphatic rings. The Labute approximate surface area is 96.8 Å². The number of carbonyl (C=O) groups is 2. The molecule has 0 saturated carbocycles. The smallest absolute Gasteiger partial charge is 0.303 e. The van der Waals surface area contributed by atoms with Gasteiger partial charge in [0.15, 0.2) is 0 Å². The molecule has 16 heavy (non-hydrogen) atoms. The average molecular weight is 236 g/mol. The number of likely N-dealkylation sites (N-methyl/N-ethyl adjacent to an activating group) is 1. The number of carboxylic acids is 2. The van der Waals surface area contributed by atoms with Crippen molar-refractivity contribution in [3.05, 3.63) is 0 Å². The van der Waals surface area contributed by atoms with Crippen LogP contribution in [-0.4, -0.2) is 41.8 Å². The van der Waals surface area contributed by atoms with Crippen molar-refractivity contribution in [1.29, 1.82) is 0 Å². The molecule has 0 aromatic heterocycles. The first-order chi connectivity index (χ1) is 7.35. The van der Waals surface area contributed by atoms with E-state index in [1.54, 1.807) is 13.8 Å². The first-order valence-electron chi connectivity index (χ1n) is 5.16. The van der Waals surface area contributed by atoms with Gasteiger partial charge in [0, 0.05) is 25.4 Å². The van der Waals surface area contributed by atoms with E-state index in [9.17, 15) is 9.59 Å². The second-order valence-corrected chi connectivity index (χ2v) is 2.92. The number of nitrogens with two attached hydrogens (primary N) is 1. The van der Waals surface area contributed by atoms with E-state index >= 15 is 0 Å². The second kappa shape index (κ2) is 16.3. The van der Waals surface area contributed by atoms with Crippen LogP contribution < -0.4 is 11.1 Å². The van der Waals surface area contributed by atoms with Gasteiger partial charge < -0.3 is 21.3 Å². The van der Waals surface area contributed by atoms with Crippen LogP contribution in [-0.2, 0) is 9.59 Å². The zero-order chi connectivity index (χ0) is 13.6. The summed E-state index contributed by atoms with van der Waals surface area (Å²) in [5, 5.41) is 18.4. The molecule has 1 atom stereocenters. The number of rotatable bonds is 4. The van der Waals surface area contributed by atoms with E-state index in [1.807, 2.05) is 14.0 Å². The SMILES string of the molecule is CCC(=O)O.CCC(=O)O.CNC(C)CN. The lowest BCUT2D eigenvalue weighted by Gasteiger charge is -2.02. The third-order valence-electron chi connectivity index (χ3n) is 1.45. The molecule has 98 valence electrons. The van der Waals surface area contributed by atoms with Gasteiger partial charge >= 0.3 is 11.9 Å². The van der Waals surface area contributed by atoms with Crippen molar-refractivity contribution in [2.24, 2.45) is 5.73 Å². The Morgan fingerprint density at radius 2 is 1.44 bits per heavy atom. The standard InChI is InChI=1S/C4H12N2.2C3H6O2/c1-4(3-5)6-2;2*1-2-3(4)5/h4,6H,3,5H2,1-2H3;2*2H2,1H3,(H,4,5). The molecule has 6 nitrogen and oxygen atoms in total. The van der Waals surface area contributed by atoms with E-state index < -0.39 is 11.9 Å². The zero-order valence-corrected chi connectivity index (χ0v) is 10.5. The molecule has 0 aromatic rings. The normalized spacial score (nSPS) is 10.1. The summed E-state index contributed by atoms with van der Waals surface area (Å²) < 4.78 is 0. The van der Waals surface area contributed by atoms with Crippen LogP contribution in [0.3, 0.4) is 0 Å². The van der Waals surface area contributed by atoms with Crippen molar-refractivity contribution in [1.82, 2.24) is 5.32 Å². The van der Waals surface area contributed by atoms with Gasteiger partial charge in [-0.15, -0.1) is 0 Å². The van der Waals surface area contributed by atoms with Crippen LogP contribution in [0, 0.1) is 0 Å². The Balaban J connectivity index is -0.000000160. The highest BCUT2D eigenvalue weighted by atomic mass is 16.4. The lowest BCUT2D eigenvalue weighted by atomic mass is 10.4. The van der Waals surface area contributed by atoms with E-state index in [4.69, 9.17) is 15.9 Å². The monoisotopic (exact) mass is 236 g/mol. The summed E-state index contributed by atoms with van der Waals surface area (Å²) in [4.78, 5) is 18.7. The summed E-state index contributed by atoms with van der Waals surface area (Å²) >= 11 is 0. The molecule has 1 unspecified atom stereocenters. The molecule has 0 aromatic carbocycles. The van der Waals surface area contributed by atoms with Gasteiger partial charge in [0.2, 0.25) is 0 Å². The van der Waals surface area contributed by atoms with Crippen LogP contribution in [0.25, 0.3) is 0 Å². The van der Waals surface area contributed by atoms with Gasteiger partial charge in [-0.25, -0.2) is 0 Å². The Kier molecular flexibility index (Phi) is 20.7. The van der Waals surface area contributed by atoms with E-state index in [2.05, 4.69) is 5.32 Å². The van der Waals surface area contributed by atoms with Crippen molar-refractivity contribution >= 4 is 11.9 Å². The summed E-state index contributed by atoms with van der Waals surface area (Å²) in [5.74, 6) is -1.49.